The second-order valence-electron chi connectivity index (χ2n) is 12.3. The molecule has 0 saturated carbocycles. The molecule has 2 aliphatic carbocycles. The minimum Gasteiger partial charge on any atom is -0.406 e. The zero-order valence-electron chi connectivity index (χ0n) is 24.3. The lowest BCUT2D eigenvalue weighted by atomic mass is 9.71. The Labute approximate surface area is 231 Å². The minimum absolute atomic E-state index is 0.00530. The van der Waals surface area contributed by atoms with E-state index in [9.17, 15) is 23.4 Å². The third-order valence-corrected chi connectivity index (χ3v) is 7.53. The van der Waals surface area contributed by atoms with E-state index in [1.54, 1.807) is 0 Å². The van der Waals surface area contributed by atoms with Gasteiger partial charge in [-0.15, -0.1) is 13.2 Å². The van der Waals surface area contributed by atoms with Crippen molar-refractivity contribution in [1.82, 2.24) is 4.98 Å². The summed E-state index contributed by atoms with van der Waals surface area (Å²) in [6, 6.07) is 5.31. The molecule has 0 saturated heterocycles. The van der Waals surface area contributed by atoms with Gasteiger partial charge in [0.1, 0.15) is 11.9 Å². The van der Waals surface area contributed by atoms with Crippen LogP contribution in [0.1, 0.15) is 132 Å². The van der Waals surface area contributed by atoms with Gasteiger partial charge in [0, 0.05) is 22.5 Å². The maximum Gasteiger partial charge on any atom is 0.573 e. The molecule has 0 aliphatic heterocycles. The van der Waals surface area contributed by atoms with Gasteiger partial charge in [-0.1, -0.05) is 73.1 Å². The summed E-state index contributed by atoms with van der Waals surface area (Å²) in [6.07, 6.45) is 1.02. The van der Waals surface area contributed by atoms with E-state index in [-0.39, 0.29) is 17.1 Å². The Morgan fingerprint density at radius 1 is 1.10 bits per heavy atom. The molecule has 2 aliphatic rings. The molecule has 2 unspecified atom stereocenters. The number of hydrogen-bond donors (Lipinski definition) is 2. The number of aliphatic hydroxyl groups is 2. The lowest BCUT2D eigenvalue weighted by Crippen LogP contribution is -2.29. The zero-order chi connectivity index (χ0) is 29.1. The predicted octanol–water partition coefficient (Wildman–Crippen LogP) is 8.81. The second kappa shape index (κ2) is 12.4. The number of halogens is 3. The molecule has 7 heteroatoms. The van der Waals surface area contributed by atoms with Crippen molar-refractivity contribution < 1.29 is 28.1 Å². The van der Waals surface area contributed by atoms with E-state index in [1.807, 2.05) is 13.8 Å². The van der Waals surface area contributed by atoms with Gasteiger partial charge in [-0.05, 0) is 78.2 Å². The van der Waals surface area contributed by atoms with Crippen molar-refractivity contribution in [2.45, 2.75) is 111 Å². The highest BCUT2D eigenvalue weighted by atomic mass is 19.4. The highest BCUT2D eigenvalue weighted by Gasteiger charge is 2.38. The number of hydrogen-bond acceptors (Lipinski definition) is 4. The number of ether oxygens (including phenoxy) is 1. The maximum atomic E-state index is 12.6. The van der Waals surface area contributed by atoms with E-state index in [1.165, 1.54) is 30.7 Å². The summed E-state index contributed by atoms with van der Waals surface area (Å²) in [5.41, 5.74) is 5.40. The number of alkyl halides is 3. The van der Waals surface area contributed by atoms with E-state index in [4.69, 9.17) is 4.98 Å². The Morgan fingerprint density at radius 3 is 2.21 bits per heavy atom. The van der Waals surface area contributed by atoms with E-state index < -0.39 is 18.6 Å². The number of aliphatic hydroxyl groups excluding tert-OH is 2. The summed E-state index contributed by atoms with van der Waals surface area (Å²) < 4.78 is 41.7. The van der Waals surface area contributed by atoms with Gasteiger partial charge >= 0.3 is 6.36 Å². The number of nitrogens with zero attached hydrogens (tertiary/aromatic N) is 1. The number of allylic oxidation sites excluding steroid dienone is 2. The van der Waals surface area contributed by atoms with E-state index in [0.717, 1.165) is 59.7 Å². The van der Waals surface area contributed by atoms with Crippen LogP contribution in [-0.4, -0.2) is 21.6 Å². The van der Waals surface area contributed by atoms with Crippen molar-refractivity contribution in [1.29, 1.82) is 0 Å². The third-order valence-electron chi connectivity index (χ3n) is 7.53. The van der Waals surface area contributed by atoms with Crippen LogP contribution in [0.25, 0.3) is 5.57 Å². The van der Waals surface area contributed by atoms with Crippen LogP contribution in [-0.2, 0) is 6.42 Å². The van der Waals surface area contributed by atoms with Crippen LogP contribution in [0.15, 0.2) is 30.3 Å². The fourth-order valence-corrected chi connectivity index (χ4v) is 5.31. The van der Waals surface area contributed by atoms with Crippen molar-refractivity contribution in [2.24, 2.45) is 11.3 Å². The number of benzene rings is 1. The largest absolute Gasteiger partial charge is 0.573 e. The molecule has 1 heterocycles. The lowest BCUT2D eigenvalue weighted by Gasteiger charge is -2.37. The van der Waals surface area contributed by atoms with Gasteiger partial charge < -0.3 is 14.9 Å². The average Bonchev–Trinajstić information content (AvgIpc) is 3.36. The topological polar surface area (TPSA) is 62.6 Å². The van der Waals surface area contributed by atoms with E-state index >= 15 is 0 Å². The van der Waals surface area contributed by atoms with Crippen LogP contribution in [0.2, 0.25) is 0 Å². The first-order valence-corrected chi connectivity index (χ1v) is 14.1. The van der Waals surface area contributed by atoms with Crippen LogP contribution < -0.4 is 4.74 Å². The summed E-state index contributed by atoms with van der Waals surface area (Å²) in [6.45, 7) is 14.9. The monoisotopic (exact) mass is 547 g/mol. The van der Waals surface area contributed by atoms with Gasteiger partial charge in [-0.3, -0.25) is 4.98 Å². The molecular formula is C32H44F3NO3. The number of rotatable bonds is 6. The summed E-state index contributed by atoms with van der Waals surface area (Å²) >= 11 is 0. The third kappa shape index (κ3) is 7.85. The first-order chi connectivity index (χ1) is 18.1. The number of pyridine rings is 1. The van der Waals surface area contributed by atoms with Crippen molar-refractivity contribution in [3.05, 3.63) is 64.0 Å². The van der Waals surface area contributed by atoms with Crippen LogP contribution >= 0.6 is 0 Å². The first-order valence-electron chi connectivity index (χ1n) is 14.1. The van der Waals surface area contributed by atoms with Crippen LogP contribution in [0.3, 0.4) is 0 Å². The Bertz CT molecular complexity index is 1150. The smallest absolute Gasteiger partial charge is 0.406 e. The highest BCUT2D eigenvalue weighted by Crippen LogP contribution is 2.48. The SMILES string of the molecule is CC(C)c1nc2c(c(C3=CCCC3)c1C(O)c1ccc(OC(F)(F)F)cc1)C(O)CC(C)(C)C2.CCC(C)C. The molecule has 1 aromatic heterocycles. The van der Waals surface area contributed by atoms with Crippen molar-refractivity contribution >= 4 is 5.57 Å². The Hall–Kier alpha value is -2.38. The summed E-state index contributed by atoms with van der Waals surface area (Å²) in [7, 11) is 0. The fraction of sp³-hybridized carbons (Fsp3) is 0.594. The van der Waals surface area contributed by atoms with Crippen molar-refractivity contribution in [3.63, 3.8) is 0 Å². The van der Waals surface area contributed by atoms with Gasteiger partial charge in [0.15, 0.2) is 0 Å². The van der Waals surface area contributed by atoms with Crippen LogP contribution in [0.4, 0.5) is 13.2 Å². The summed E-state index contributed by atoms with van der Waals surface area (Å²) in [5, 5.41) is 22.8. The molecule has 0 bridgehead atoms. The fourth-order valence-electron chi connectivity index (χ4n) is 5.31. The molecule has 2 aromatic rings. The minimum atomic E-state index is -4.78. The average molecular weight is 548 g/mol. The highest BCUT2D eigenvalue weighted by molar-refractivity contribution is 5.75. The van der Waals surface area contributed by atoms with Crippen LogP contribution in [0, 0.1) is 11.3 Å². The molecule has 0 spiro atoms. The Balaban J connectivity index is 0.000000771. The zero-order valence-corrected chi connectivity index (χ0v) is 24.3. The van der Waals surface area contributed by atoms with Crippen LogP contribution in [0.5, 0.6) is 5.75 Å². The predicted molar refractivity (Wildman–Crippen MR) is 150 cm³/mol. The van der Waals surface area contributed by atoms with Crippen molar-refractivity contribution in [3.8, 4) is 5.75 Å². The molecule has 39 heavy (non-hydrogen) atoms. The van der Waals surface area contributed by atoms with E-state index in [2.05, 4.69) is 45.4 Å². The molecule has 1 aromatic carbocycles. The number of fused-ring (bicyclic) bond motifs is 1. The van der Waals surface area contributed by atoms with E-state index in [0.29, 0.717) is 17.5 Å². The quantitative estimate of drug-likeness (QED) is 0.379. The molecule has 0 radical (unpaired) electrons. The Kier molecular flexibility index (Phi) is 9.92. The molecular weight excluding hydrogens is 503 g/mol. The Morgan fingerprint density at radius 2 is 1.72 bits per heavy atom. The molecule has 4 rings (SSSR count). The second-order valence-corrected chi connectivity index (χ2v) is 12.3. The summed E-state index contributed by atoms with van der Waals surface area (Å²) in [5.74, 6) is 0.549. The maximum absolute atomic E-state index is 12.6. The van der Waals surface area contributed by atoms with Gasteiger partial charge in [0.2, 0.25) is 0 Å². The molecule has 0 amide bonds. The molecule has 4 nitrogen and oxygen atoms in total. The number of aromatic nitrogens is 1. The summed E-state index contributed by atoms with van der Waals surface area (Å²) in [4.78, 5) is 4.98. The van der Waals surface area contributed by atoms with Gasteiger partial charge in [-0.2, -0.15) is 0 Å². The molecule has 0 fully saturated rings. The standard InChI is InChI=1S/C27H32F3NO3.C5H12/c1-15(2)24-23(25(33)17-9-11-18(12-10-17)34-27(28,29)30)21(16-7-5-6-8-16)22-19(31-24)13-26(3,4)14-20(22)32;1-4-5(2)3/h7,9-12,15,20,25,32-33H,5-6,8,13-14H2,1-4H3;5H,4H2,1-3H3. The van der Waals surface area contributed by atoms with Gasteiger partial charge in [0.05, 0.1) is 6.10 Å². The van der Waals surface area contributed by atoms with Gasteiger partial charge in [0.25, 0.3) is 0 Å². The first kappa shape index (κ1) is 31.2. The normalized spacial score (nSPS) is 19.3. The lowest BCUT2D eigenvalue weighted by molar-refractivity contribution is -0.274. The molecule has 2 atom stereocenters. The van der Waals surface area contributed by atoms with Crippen molar-refractivity contribution in [2.75, 3.05) is 0 Å². The van der Waals surface area contributed by atoms with Gasteiger partial charge in [-0.25, -0.2) is 0 Å². The molecule has 216 valence electrons. The molecule has 2 N–H and O–H groups in total.